The second kappa shape index (κ2) is 6.51. The lowest BCUT2D eigenvalue weighted by molar-refractivity contribution is 0.145. The largest absolute Gasteiger partial charge is 0.443 e. The molecule has 0 spiro atoms. The number of pyridine rings is 1. The van der Waals surface area contributed by atoms with Crippen molar-refractivity contribution in [1.29, 1.82) is 5.26 Å². The molecule has 8 heteroatoms. The van der Waals surface area contributed by atoms with Crippen molar-refractivity contribution in [2.24, 2.45) is 17.6 Å². The summed E-state index contributed by atoms with van der Waals surface area (Å²) in [6.45, 7) is 1.69. The molecule has 1 saturated carbocycles. The maximum Gasteiger partial charge on any atom is 0.414 e. The number of amides is 1. The van der Waals surface area contributed by atoms with Crippen LogP contribution in [0.1, 0.15) is 5.69 Å². The molecule has 3 heterocycles. The number of carbonyl (C=O) groups excluding carboxylic acids is 1. The van der Waals surface area contributed by atoms with Gasteiger partial charge in [-0.25, -0.2) is 9.18 Å². The van der Waals surface area contributed by atoms with E-state index in [1.165, 1.54) is 11.0 Å². The molecule has 2 N–H and O–H groups in total. The van der Waals surface area contributed by atoms with Gasteiger partial charge in [-0.15, -0.1) is 0 Å². The van der Waals surface area contributed by atoms with Crippen molar-refractivity contribution in [3.05, 3.63) is 48.0 Å². The molecule has 1 aromatic carbocycles. The fraction of sp³-hybridized carbons (Fsp3) is 0.381. The van der Waals surface area contributed by atoms with Crippen LogP contribution in [0.2, 0.25) is 0 Å². The summed E-state index contributed by atoms with van der Waals surface area (Å²) in [4.78, 5) is 17.8. The highest BCUT2D eigenvalue weighted by Crippen LogP contribution is 2.62. The number of nitrogens with two attached hydrogens (primary N) is 1. The van der Waals surface area contributed by atoms with Crippen molar-refractivity contribution in [3.63, 3.8) is 0 Å². The summed E-state index contributed by atoms with van der Waals surface area (Å²) in [7, 11) is 0. The molecule has 2 aliphatic heterocycles. The van der Waals surface area contributed by atoms with Crippen molar-refractivity contribution in [1.82, 2.24) is 4.98 Å². The first-order valence-electron chi connectivity index (χ1n) is 9.52. The quantitative estimate of drug-likeness (QED) is 0.853. The van der Waals surface area contributed by atoms with Gasteiger partial charge in [-0.3, -0.25) is 9.88 Å². The Morgan fingerprint density at radius 1 is 1.31 bits per heavy atom. The number of fused-ring (bicyclic) bond motifs is 1. The summed E-state index contributed by atoms with van der Waals surface area (Å²) >= 11 is 0. The zero-order chi connectivity index (χ0) is 20.2. The summed E-state index contributed by atoms with van der Waals surface area (Å²) in [5, 5.41) is 9.68. The van der Waals surface area contributed by atoms with Crippen molar-refractivity contribution < 1.29 is 18.7 Å². The average molecular weight is 394 g/mol. The van der Waals surface area contributed by atoms with Crippen LogP contribution in [-0.4, -0.2) is 43.5 Å². The molecule has 4 atom stereocenters. The number of carbonyl (C=O) groups is 1. The van der Waals surface area contributed by atoms with Gasteiger partial charge in [0.15, 0.2) is 0 Å². The molecule has 5 rings (SSSR count). The van der Waals surface area contributed by atoms with E-state index in [1.54, 1.807) is 30.5 Å². The van der Waals surface area contributed by atoms with Crippen molar-refractivity contribution in [3.8, 4) is 17.2 Å². The van der Waals surface area contributed by atoms with Gasteiger partial charge in [-0.2, -0.15) is 5.26 Å². The number of aromatic nitrogens is 1. The average Bonchev–Trinajstić information content (AvgIpc) is 3.06. The van der Waals surface area contributed by atoms with Crippen LogP contribution in [0.5, 0.6) is 0 Å². The Kier molecular flexibility index (Phi) is 4.05. The van der Waals surface area contributed by atoms with Crippen molar-refractivity contribution in [2.75, 3.05) is 31.2 Å². The topological polar surface area (TPSA) is 101 Å². The minimum absolute atomic E-state index is 0.194. The molecule has 1 aliphatic carbocycles. The standard InChI is InChI=1S/C21H19FN4O3/c22-18-5-13(26-8-14(6-23)29-20(26)27)2-3-15(18)12-1-4-19(25-7-12)21(11-24)16-9-28-10-17(16)21/h1-5,7,14,16-17H,6,8-10,23H2/t14?,16-,17+,21?. The molecule has 29 heavy (non-hydrogen) atoms. The monoisotopic (exact) mass is 394 g/mol. The fourth-order valence-electron chi connectivity index (χ4n) is 4.52. The second-order valence-corrected chi connectivity index (χ2v) is 7.68. The van der Waals surface area contributed by atoms with E-state index < -0.39 is 17.3 Å². The molecule has 2 saturated heterocycles. The van der Waals surface area contributed by atoms with E-state index in [2.05, 4.69) is 11.1 Å². The lowest BCUT2D eigenvalue weighted by Crippen LogP contribution is -2.27. The first-order chi connectivity index (χ1) is 14.1. The highest BCUT2D eigenvalue weighted by Gasteiger charge is 2.70. The third-order valence-electron chi connectivity index (χ3n) is 6.23. The first-order valence-corrected chi connectivity index (χ1v) is 9.52. The molecule has 3 fully saturated rings. The second-order valence-electron chi connectivity index (χ2n) is 7.68. The van der Waals surface area contributed by atoms with E-state index in [9.17, 15) is 14.4 Å². The van der Waals surface area contributed by atoms with Crippen LogP contribution in [0.15, 0.2) is 36.5 Å². The number of anilines is 1. The minimum atomic E-state index is -0.575. The predicted molar refractivity (Wildman–Crippen MR) is 101 cm³/mol. The number of cyclic esters (lactones) is 1. The number of nitrogens with zero attached hydrogens (tertiary/aromatic N) is 3. The Balaban J connectivity index is 1.39. The molecular formula is C21H19FN4O3. The molecule has 0 bridgehead atoms. The van der Waals surface area contributed by atoms with Crippen molar-refractivity contribution >= 4 is 11.8 Å². The van der Waals surface area contributed by atoms with E-state index in [4.69, 9.17) is 15.2 Å². The number of halogens is 1. The fourth-order valence-corrected chi connectivity index (χ4v) is 4.52. The summed E-state index contributed by atoms with van der Waals surface area (Å²) in [6.07, 6.45) is 0.678. The third kappa shape index (κ3) is 2.62. The maximum atomic E-state index is 14.8. The lowest BCUT2D eigenvalue weighted by Gasteiger charge is -2.15. The Morgan fingerprint density at radius 3 is 2.69 bits per heavy atom. The van der Waals surface area contributed by atoms with E-state index in [-0.39, 0.29) is 24.5 Å². The van der Waals surface area contributed by atoms with Crippen LogP contribution in [-0.2, 0) is 14.9 Å². The highest BCUT2D eigenvalue weighted by molar-refractivity contribution is 5.90. The molecule has 2 unspecified atom stereocenters. The number of benzene rings is 1. The van der Waals surface area contributed by atoms with Gasteiger partial charge in [0.25, 0.3) is 0 Å². The number of nitriles is 1. The minimum Gasteiger partial charge on any atom is -0.443 e. The number of hydrogen-bond acceptors (Lipinski definition) is 6. The van der Waals surface area contributed by atoms with Gasteiger partial charge in [-0.05, 0) is 24.3 Å². The molecular weight excluding hydrogens is 375 g/mol. The number of hydrogen-bond donors (Lipinski definition) is 1. The Bertz CT molecular complexity index is 1010. The summed E-state index contributed by atoms with van der Waals surface area (Å²) in [5.41, 5.74) is 7.09. The summed E-state index contributed by atoms with van der Waals surface area (Å²) in [5.74, 6) is -0.0772. The Hall–Kier alpha value is -3.02. The Morgan fingerprint density at radius 2 is 2.10 bits per heavy atom. The first kappa shape index (κ1) is 18.0. The molecule has 0 radical (unpaired) electrons. The van der Waals surface area contributed by atoms with E-state index in [0.29, 0.717) is 42.3 Å². The summed E-state index contributed by atoms with van der Waals surface area (Å²) < 4.78 is 25.3. The van der Waals surface area contributed by atoms with Gasteiger partial charge in [-0.1, -0.05) is 6.07 Å². The predicted octanol–water partition coefficient (Wildman–Crippen LogP) is 2.21. The molecule has 1 amide bonds. The van der Waals surface area contributed by atoms with Crippen molar-refractivity contribution in [2.45, 2.75) is 11.5 Å². The van der Waals surface area contributed by atoms with Gasteiger partial charge >= 0.3 is 6.09 Å². The van der Waals surface area contributed by atoms with Crippen LogP contribution in [0, 0.1) is 29.0 Å². The SMILES string of the molecule is N#CC1(c2ccc(-c3ccc(N4CC(CN)OC4=O)cc3F)cn2)[C@@H]2COC[C@@H]21. The molecule has 1 aromatic heterocycles. The number of rotatable bonds is 4. The van der Waals surface area contributed by atoms with E-state index in [0.717, 1.165) is 0 Å². The van der Waals surface area contributed by atoms with Crippen LogP contribution in [0.25, 0.3) is 11.1 Å². The van der Waals surface area contributed by atoms with Crippen LogP contribution in [0.4, 0.5) is 14.9 Å². The van der Waals surface area contributed by atoms with E-state index in [1.807, 2.05) is 0 Å². The van der Waals surface area contributed by atoms with Gasteiger partial charge in [0.2, 0.25) is 0 Å². The maximum absolute atomic E-state index is 14.8. The molecule has 3 aliphatic rings. The van der Waals surface area contributed by atoms with Gasteiger partial charge in [0.1, 0.15) is 17.3 Å². The summed E-state index contributed by atoms with van der Waals surface area (Å²) in [6, 6.07) is 10.6. The van der Waals surface area contributed by atoms with Crippen LogP contribution in [0.3, 0.4) is 0 Å². The third-order valence-corrected chi connectivity index (χ3v) is 6.23. The Labute approximate surface area is 166 Å². The zero-order valence-electron chi connectivity index (χ0n) is 15.5. The van der Waals surface area contributed by atoms with E-state index >= 15 is 0 Å². The highest BCUT2D eigenvalue weighted by atomic mass is 19.1. The lowest BCUT2D eigenvalue weighted by atomic mass is 9.96. The number of ether oxygens (including phenoxy) is 2. The molecule has 148 valence electrons. The normalized spacial score (nSPS) is 30.0. The molecule has 2 aromatic rings. The van der Waals surface area contributed by atoms with Crippen LogP contribution < -0.4 is 10.6 Å². The van der Waals surface area contributed by atoms with Gasteiger partial charge in [0.05, 0.1) is 37.2 Å². The van der Waals surface area contributed by atoms with Gasteiger partial charge in [0, 0.05) is 35.7 Å². The molecule has 7 nitrogen and oxygen atoms in total. The zero-order valence-corrected chi connectivity index (χ0v) is 15.5. The smallest absolute Gasteiger partial charge is 0.414 e. The van der Waals surface area contributed by atoms with Gasteiger partial charge < -0.3 is 15.2 Å². The van der Waals surface area contributed by atoms with Crippen LogP contribution >= 0.6 is 0 Å².